The molecule has 0 heterocycles. The Morgan fingerprint density at radius 2 is 2.06 bits per heavy atom. The van der Waals surface area contributed by atoms with Crippen LogP contribution in [0.5, 0.6) is 0 Å². The molecule has 6 heteroatoms. The summed E-state index contributed by atoms with van der Waals surface area (Å²) in [5.41, 5.74) is 0.569. The van der Waals surface area contributed by atoms with Gasteiger partial charge >= 0.3 is 0 Å². The van der Waals surface area contributed by atoms with E-state index in [0.29, 0.717) is 22.2 Å². The Labute approximate surface area is 122 Å². The largest absolute Gasteiger partial charge is 0.331 e. The van der Waals surface area contributed by atoms with E-state index >= 15 is 0 Å². The summed E-state index contributed by atoms with van der Waals surface area (Å²) in [6, 6.07) is 4.98. The van der Waals surface area contributed by atoms with Crippen LogP contribution in [0.4, 0.5) is 5.69 Å². The summed E-state index contributed by atoms with van der Waals surface area (Å²) in [6.07, 6.45) is 0.422. The summed E-state index contributed by atoms with van der Waals surface area (Å²) in [4.78, 5) is 11.5. The maximum atomic E-state index is 11.5. The molecule has 1 aromatic rings. The van der Waals surface area contributed by atoms with Crippen LogP contribution in [0.3, 0.4) is 0 Å². The van der Waals surface area contributed by atoms with Crippen molar-refractivity contribution in [3.63, 3.8) is 0 Å². The number of thiocarbonyl (C=S) groups is 1. The van der Waals surface area contributed by atoms with Gasteiger partial charge in [0.05, 0.1) is 10.7 Å². The number of carbonyl (C=O) groups is 1. The van der Waals surface area contributed by atoms with Crippen LogP contribution in [0.2, 0.25) is 10.0 Å². The SMILES string of the molecule is CC(C)CC(=O)NC(=S)Nc1cc(Cl)ccc1Cl. The van der Waals surface area contributed by atoms with Crippen molar-refractivity contribution in [2.75, 3.05) is 5.32 Å². The Morgan fingerprint density at radius 3 is 2.67 bits per heavy atom. The molecule has 1 aromatic carbocycles. The maximum Gasteiger partial charge on any atom is 0.226 e. The number of amides is 1. The first-order valence-corrected chi connectivity index (χ1v) is 6.60. The summed E-state index contributed by atoms with van der Waals surface area (Å²) in [6.45, 7) is 3.92. The minimum atomic E-state index is -0.124. The molecule has 3 nitrogen and oxygen atoms in total. The molecule has 18 heavy (non-hydrogen) atoms. The Balaban J connectivity index is 2.59. The Kier molecular flexibility index (Phi) is 5.85. The van der Waals surface area contributed by atoms with Crippen LogP contribution in [-0.4, -0.2) is 11.0 Å². The fraction of sp³-hybridized carbons (Fsp3) is 0.333. The van der Waals surface area contributed by atoms with E-state index in [-0.39, 0.29) is 16.9 Å². The zero-order valence-electron chi connectivity index (χ0n) is 10.1. The van der Waals surface area contributed by atoms with Crippen LogP contribution >= 0.6 is 35.4 Å². The average molecular weight is 305 g/mol. The van der Waals surface area contributed by atoms with Crippen LogP contribution in [0.25, 0.3) is 0 Å². The summed E-state index contributed by atoms with van der Waals surface area (Å²) in [7, 11) is 0. The van der Waals surface area contributed by atoms with Crippen LogP contribution in [0.1, 0.15) is 20.3 Å². The van der Waals surface area contributed by atoms with E-state index in [1.165, 1.54) is 0 Å². The van der Waals surface area contributed by atoms with Crippen molar-refractivity contribution in [3.05, 3.63) is 28.2 Å². The van der Waals surface area contributed by atoms with Gasteiger partial charge in [-0.3, -0.25) is 4.79 Å². The zero-order chi connectivity index (χ0) is 13.7. The molecular weight excluding hydrogens is 291 g/mol. The molecular formula is C12H14Cl2N2OS. The smallest absolute Gasteiger partial charge is 0.226 e. The predicted molar refractivity (Wildman–Crippen MR) is 80.3 cm³/mol. The first kappa shape index (κ1) is 15.2. The molecule has 98 valence electrons. The third-order valence-corrected chi connectivity index (χ3v) is 2.79. The van der Waals surface area contributed by atoms with Crippen LogP contribution in [0, 0.1) is 5.92 Å². The van der Waals surface area contributed by atoms with Crippen molar-refractivity contribution in [3.8, 4) is 0 Å². The molecule has 0 radical (unpaired) electrons. The summed E-state index contributed by atoms with van der Waals surface area (Å²) in [5.74, 6) is 0.156. The summed E-state index contributed by atoms with van der Waals surface area (Å²) < 4.78 is 0. The minimum absolute atomic E-state index is 0.124. The highest BCUT2D eigenvalue weighted by atomic mass is 35.5. The zero-order valence-corrected chi connectivity index (χ0v) is 12.4. The Morgan fingerprint density at radius 1 is 1.39 bits per heavy atom. The van der Waals surface area contributed by atoms with Gasteiger partial charge in [-0.2, -0.15) is 0 Å². The van der Waals surface area contributed by atoms with Gasteiger partial charge in [0, 0.05) is 11.4 Å². The second-order valence-electron chi connectivity index (χ2n) is 4.22. The molecule has 0 fully saturated rings. The van der Waals surface area contributed by atoms with Crippen molar-refractivity contribution in [1.82, 2.24) is 5.32 Å². The number of hydrogen-bond donors (Lipinski definition) is 2. The Bertz CT molecular complexity index is 463. The van der Waals surface area contributed by atoms with Gasteiger partial charge < -0.3 is 10.6 Å². The summed E-state index contributed by atoms with van der Waals surface area (Å²) >= 11 is 16.8. The van der Waals surface area contributed by atoms with Gasteiger partial charge in [-0.1, -0.05) is 37.0 Å². The van der Waals surface area contributed by atoms with Crippen molar-refractivity contribution in [2.45, 2.75) is 20.3 Å². The first-order valence-electron chi connectivity index (χ1n) is 5.44. The number of anilines is 1. The van der Waals surface area contributed by atoms with E-state index in [9.17, 15) is 4.79 Å². The standard InChI is InChI=1S/C12H14Cl2N2OS/c1-7(2)5-11(17)16-12(18)15-10-6-8(13)3-4-9(10)14/h3-4,6-7H,5H2,1-2H3,(H2,15,16,17,18). The number of nitrogens with one attached hydrogen (secondary N) is 2. The maximum absolute atomic E-state index is 11.5. The van der Waals surface area contributed by atoms with Gasteiger partial charge in [0.2, 0.25) is 5.91 Å². The van der Waals surface area contributed by atoms with E-state index in [4.69, 9.17) is 35.4 Å². The van der Waals surface area contributed by atoms with Crippen molar-refractivity contribution >= 4 is 52.1 Å². The van der Waals surface area contributed by atoms with Crippen molar-refractivity contribution < 1.29 is 4.79 Å². The average Bonchev–Trinajstić information content (AvgIpc) is 2.21. The van der Waals surface area contributed by atoms with Crippen molar-refractivity contribution in [2.24, 2.45) is 5.92 Å². The number of carbonyl (C=O) groups excluding carboxylic acids is 1. The molecule has 0 atom stereocenters. The normalized spacial score (nSPS) is 10.3. The first-order chi connectivity index (χ1) is 8.38. The van der Waals surface area contributed by atoms with E-state index in [1.54, 1.807) is 18.2 Å². The lowest BCUT2D eigenvalue weighted by atomic mass is 10.1. The molecule has 0 unspecified atom stereocenters. The Hall–Kier alpha value is -0.840. The molecule has 0 spiro atoms. The van der Waals surface area contributed by atoms with Crippen LogP contribution in [0.15, 0.2) is 18.2 Å². The molecule has 0 saturated carbocycles. The number of rotatable bonds is 3. The fourth-order valence-corrected chi connectivity index (χ4v) is 1.86. The molecule has 0 aliphatic heterocycles. The van der Waals surface area contributed by atoms with Gasteiger partial charge in [-0.05, 0) is 36.3 Å². The van der Waals surface area contributed by atoms with Gasteiger partial charge in [-0.25, -0.2) is 0 Å². The van der Waals surface area contributed by atoms with Crippen LogP contribution in [-0.2, 0) is 4.79 Å². The second kappa shape index (κ2) is 6.92. The topological polar surface area (TPSA) is 41.1 Å². The van der Waals surface area contributed by atoms with Gasteiger partial charge in [0.15, 0.2) is 5.11 Å². The lowest BCUT2D eigenvalue weighted by molar-refractivity contribution is -0.120. The third-order valence-electron chi connectivity index (χ3n) is 2.02. The lowest BCUT2D eigenvalue weighted by Crippen LogP contribution is -2.34. The molecule has 1 amide bonds. The lowest BCUT2D eigenvalue weighted by Gasteiger charge is -2.11. The van der Waals surface area contributed by atoms with E-state index in [1.807, 2.05) is 13.8 Å². The highest BCUT2D eigenvalue weighted by molar-refractivity contribution is 7.80. The number of benzene rings is 1. The molecule has 2 N–H and O–H groups in total. The molecule has 0 aliphatic rings. The number of hydrogen-bond acceptors (Lipinski definition) is 2. The fourth-order valence-electron chi connectivity index (χ4n) is 1.30. The second-order valence-corrected chi connectivity index (χ2v) is 5.48. The number of halogens is 2. The molecule has 0 saturated heterocycles. The van der Waals surface area contributed by atoms with Crippen molar-refractivity contribution in [1.29, 1.82) is 0 Å². The monoisotopic (exact) mass is 304 g/mol. The minimum Gasteiger partial charge on any atom is -0.331 e. The molecule has 0 aromatic heterocycles. The van der Waals surface area contributed by atoms with E-state index < -0.39 is 0 Å². The van der Waals surface area contributed by atoms with Gasteiger partial charge in [0.25, 0.3) is 0 Å². The third kappa shape index (κ3) is 5.21. The molecule has 1 rings (SSSR count). The summed E-state index contributed by atoms with van der Waals surface area (Å²) in [5, 5.41) is 6.66. The van der Waals surface area contributed by atoms with Gasteiger partial charge in [-0.15, -0.1) is 0 Å². The quantitative estimate of drug-likeness (QED) is 0.833. The van der Waals surface area contributed by atoms with E-state index in [2.05, 4.69) is 10.6 Å². The van der Waals surface area contributed by atoms with Crippen LogP contribution < -0.4 is 10.6 Å². The van der Waals surface area contributed by atoms with E-state index in [0.717, 1.165) is 0 Å². The highest BCUT2D eigenvalue weighted by Crippen LogP contribution is 2.25. The molecule has 0 bridgehead atoms. The molecule has 0 aliphatic carbocycles. The van der Waals surface area contributed by atoms with Gasteiger partial charge in [0.1, 0.15) is 0 Å². The highest BCUT2D eigenvalue weighted by Gasteiger charge is 2.08. The predicted octanol–water partition coefficient (Wildman–Crippen LogP) is 3.85.